The van der Waals surface area contributed by atoms with Gasteiger partial charge < -0.3 is 19.5 Å². The van der Waals surface area contributed by atoms with Crippen LogP contribution in [0.3, 0.4) is 0 Å². The number of carbonyl (C=O) groups is 2. The summed E-state index contributed by atoms with van der Waals surface area (Å²) in [5.41, 5.74) is 1.50. The fourth-order valence-corrected chi connectivity index (χ4v) is 3.25. The molecule has 1 amide bonds. The molecule has 1 aliphatic heterocycles. The first kappa shape index (κ1) is 19.1. The Morgan fingerprint density at radius 1 is 1.11 bits per heavy atom. The van der Waals surface area contributed by atoms with Crippen molar-refractivity contribution in [3.05, 3.63) is 53.6 Å². The highest BCUT2D eigenvalue weighted by Crippen LogP contribution is 2.30. The Hall–Kier alpha value is -2.67. The minimum atomic E-state index is -0.498. The minimum Gasteiger partial charge on any atom is -0.486 e. The van der Waals surface area contributed by atoms with Gasteiger partial charge in [-0.25, -0.2) is 4.79 Å². The summed E-state index contributed by atoms with van der Waals surface area (Å²) in [5, 5.41) is 2.75. The Balaban J connectivity index is 1.43. The summed E-state index contributed by atoms with van der Waals surface area (Å²) in [6.45, 7) is 1.24. The number of thioether (sulfide) groups is 1. The number of esters is 1. The highest BCUT2D eigenvalue weighted by Gasteiger charge is 2.14. The largest absolute Gasteiger partial charge is 0.486 e. The molecule has 0 saturated heterocycles. The molecule has 27 heavy (non-hydrogen) atoms. The summed E-state index contributed by atoms with van der Waals surface area (Å²) in [6, 6.07) is 12.9. The lowest BCUT2D eigenvalue weighted by molar-refractivity contribution is -0.124. The molecule has 142 valence electrons. The minimum absolute atomic E-state index is 0.303. The number of benzene rings is 2. The second kappa shape index (κ2) is 9.32. The van der Waals surface area contributed by atoms with Crippen LogP contribution < -0.4 is 14.8 Å². The van der Waals surface area contributed by atoms with Crippen LogP contribution in [0.2, 0.25) is 0 Å². The molecule has 0 bridgehead atoms. The van der Waals surface area contributed by atoms with Crippen LogP contribution >= 0.6 is 11.8 Å². The summed E-state index contributed by atoms with van der Waals surface area (Å²) in [7, 11) is 0. The molecular formula is C20H21NO5S. The van der Waals surface area contributed by atoms with Crippen LogP contribution in [0.25, 0.3) is 0 Å². The first-order valence-corrected chi connectivity index (χ1v) is 9.85. The quantitative estimate of drug-likeness (QED) is 0.582. The van der Waals surface area contributed by atoms with Crippen LogP contribution in [-0.2, 0) is 16.0 Å². The summed E-state index contributed by atoms with van der Waals surface area (Å²) in [5.74, 6) is 0.641. The Labute approximate surface area is 162 Å². The van der Waals surface area contributed by atoms with Gasteiger partial charge in [0.05, 0.1) is 5.56 Å². The van der Waals surface area contributed by atoms with Crippen molar-refractivity contribution in [3.63, 3.8) is 0 Å². The van der Waals surface area contributed by atoms with Gasteiger partial charge in [-0.2, -0.15) is 0 Å². The highest BCUT2D eigenvalue weighted by molar-refractivity contribution is 7.98. The number of rotatable bonds is 7. The van der Waals surface area contributed by atoms with E-state index in [1.54, 1.807) is 12.1 Å². The second-order valence-corrected chi connectivity index (χ2v) is 6.70. The van der Waals surface area contributed by atoms with Gasteiger partial charge in [0.25, 0.3) is 5.91 Å². The van der Waals surface area contributed by atoms with E-state index in [9.17, 15) is 9.59 Å². The van der Waals surface area contributed by atoms with Crippen LogP contribution in [0.1, 0.15) is 15.9 Å². The molecule has 2 aromatic carbocycles. The van der Waals surface area contributed by atoms with Gasteiger partial charge in [0.15, 0.2) is 18.1 Å². The van der Waals surface area contributed by atoms with Gasteiger partial charge in [0.1, 0.15) is 13.2 Å². The maximum atomic E-state index is 12.1. The fraction of sp³-hybridized carbons (Fsp3) is 0.300. The van der Waals surface area contributed by atoms with Gasteiger partial charge in [-0.15, -0.1) is 11.8 Å². The van der Waals surface area contributed by atoms with E-state index >= 15 is 0 Å². The molecule has 1 heterocycles. The van der Waals surface area contributed by atoms with E-state index < -0.39 is 5.97 Å². The molecule has 0 saturated carbocycles. The zero-order chi connectivity index (χ0) is 19.1. The second-order valence-electron chi connectivity index (χ2n) is 5.85. The van der Waals surface area contributed by atoms with Crippen molar-refractivity contribution >= 4 is 23.6 Å². The van der Waals surface area contributed by atoms with Crippen molar-refractivity contribution in [1.29, 1.82) is 0 Å². The lowest BCUT2D eigenvalue weighted by Gasteiger charge is -2.18. The molecule has 2 aromatic rings. The number of fused-ring (bicyclic) bond motifs is 1. The van der Waals surface area contributed by atoms with Crippen LogP contribution in [0.15, 0.2) is 47.4 Å². The number of ether oxygens (including phenoxy) is 3. The lowest BCUT2D eigenvalue weighted by Crippen LogP contribution is -2.30. The smallest absolute Gasteiger partial charge is 0.339 e. The standard InChI is InChI=1S/C20H21NO5S/c1-27-18-5-3-2-4-15(18)20(23)26-13-19(22)21-9-8-14-6-7-16-17(12-14)25-11-10-24-16/h2-7,12H,8-11,13H2,1H3,(H,21,22). The van der Waals surface area contributed by atoms with E-state index in [0.29, 0.717) is 31.7 Å². The highest BCUT2D eigenvalue weighted by atomic mass is 32.2. The van der Waals surface area contributed by atoms with Crippen molar-refractivity contribution < 1.29 is 23.8 Å². The number of nitrogens with one attached hydrogen (secondary N) is 1. The van der Waals surface area contributed by atoms with Crippen molar-refractivity contribution in [1.82, 2.24) is 5.32 Å². The maximum Gasteiger partial charge on any atom is 0.339 e. The van der Waals surface area contributed by atoms with Crippen LogP contribution in [0.5, 0.6) is 11.5 Å². The maximum absolute atomic E-state index is 12.1. The summed E-state index contributed by atoms with van der Waals surface area (Å²) in [6.07, 6.45) is 2.53. The molecule has 1 aliphatic rings. The van der Waals surface area contributed by atoms with Crippen molar-refractivity contribution in [2.24, 2.45) is 0 Å². The molecule has 0 radical (unpaired) electrons. The first-order chi connectivity index (χ1) is 13.2. The third-order valence-electron chi connectivity index (χ3n) is 4.00. The van der Waals surface area contributed by atoms with E-state index in [1.165, 1.54) is 11.8 Å². The third-order valence-corrected chi connectivity index (χ3v) is 4.80. The zero-order valence-electron chi connectivity index (χ0n) is 15.0. The van der Waals surface area contributed by atoms with E-state index in [4.69, 9.17) is 14.2 Å². The average molecular weight is 387 g/mol. The van der Waals surface area contributed by atoms with Gasteiger partial charge in [0, 0.05) is 11.4 Å². The number of amides is 1. The Kier molecular flexibility index (Phi) is 6.59. The molecular weight excluding hydrogens is 366 g/mol. The van der Waals surface area contributed by atoms with Gasteiger partial charge >= 0.3 is 5.97 Å². The van der Waals surface area contributed by atoms with Crippen LogP contribution in [0, 0.1) is 0 Å². The van der Waals surface area contributed by atoms with E-state index in [1.807, 2.05) is 36.6 Å². The molecule has 3 rings (SSSR count). The summed E-state index contributed by atoms with van der Waals surface area (Å²) in [4.78, 5) is 24.9. The predicted molar refractivity (Wildman–Crippen MR) is 103 cm³/mol. The van der Waals surface area contributed by atoms with E-state index in [0.717, 1.165) is 22.0 Å². The number of hydrogen-bond acceptors (Lipinski definition) is 6. The molecule has 0 fully saturated rings. The zero-order valence-corrected chi connectivity index (χ0v) is 15.8. The Bertz CT molecular complexity index is 824. The van der Waals surface area contributed by atoms with Crippen molar-refractivity contribution in [2.45, 2.75) is 11.3 Å². The molecule has 0 unspecified atom stereocenters. The Morgan fingerprint density at radius 2 is 1.89 bits per heavy atom. The molecule has 0 aliphatic carbocycles. The van der Waals surface area contributed by atoms with Crippen LogP contribution in [0.4, 0.5) is 0 Å². The van der Waals surface area contributed by atoms with Crippen molar-refractivity contribution in [2.75, 3.05) is 32.6 Å². The van der Waals surface area contributed by atoms with Gasteiger partial charge in [-0.05, 0) is 42.5 Å². The molecule has 7 heteroatoms. The van der Waals surface area contributed by atoms with Crippen LogP contribution in [-0.4, -0.2) is 44.5 Å². The number of carbonyl (C=O) groups excluding carboxylic acids is 2. The van der Waals surface area contributed by atoms with Gasteiger partial charge in [0.2, 0.25) is 0 Å². The molecule has 0 spiro atoms. The monoisotopic (exact) mass is 387 g/mol. The topological polar surface area (TPSA) is 73.9 Å². The third kappa shape index (κ3) is 5.17. The molecule has 0 atom stereocenters. The number of hydrogen-bond donors (Lipinski definition) is 1. The molecule has 6 nitrogen and oxygen atoms in total. The predicted octanol–water partition coefficient (Wildman–Crippen LogP) is 2.70. The SMILES string of the molecule is CSc1ccccc1C(=O)OCC(=O)NCCc1ccc2c(c1)OCCO2. The van der Waals surface area contributed by atoms with E-state index in [-0.39, 0.29) is 12.5 Å². The van der Waals surface area contributed by atoms with E-state index in [2.05, 4.69) is 5.32 Å². The molecule has 0 aromatic heterocycles. The van der Waals surface area contributed by atoms with Gasteiger partial charge in [-0.3, -0.25) is 4.79 Å². The first-order valence-electron chi connectivity index (χ1n) is 8.63. The Morgan fingerprint density at radius 3 is 2.70 bits per heavy atom. The summed E-state index contributed by atoms with van der Waals surface area (Å²) < 4.78 is 16.1. The lowest BCUT2D eigenvalue weighted by atomic mass is 10.1. The normalized spacial score (nSPS) is 12.3. The molecule has 1 N–H and O–H groups in total. The summed E-state index contributed by atoms with van der Waals surface area (Å²) >= 11 is 1.46. The van der Waals surface area contributed by atoms with Crippen molar-refractivity contribution in [3.8, 4) is 11.5 Å². The fourth-order valence-electron chi connectivity index (χ4n) is 2.66. The van der Waals surface area contributed by atoms with Gasteiger partial charge in [-0.1, -0.05) is 18.2 Å². The average Bonchev–Trinajstić information content (AvgIpc) is 2.72.